The third kappa shape index (κ3) is 5.67. The van der Waals surface area contributed by atoms with Gasteiger partial charge in [-0.15, -0.1) is 0 Å². The van der Waals surface area contributed by atoms with Crippen LogP contribution in [0.1, 0.15) is 32.4 Å². The maximum Gasteiger partial charge on any atom is 0.327 e. The van der Waals surface area contributed by atoms with E-state index >= 15 is 0 Å². The van der Waals surface area contributed by atoms with Gasteiger partial charge in [0.25, 0.3) is 5.91 Å². The summed E-state index contributed by atoms with van der Waals surface area (Å²) in [5, 5.41) is 16.5. The zero-order valence-electron chi connectivity index (χ0n) is 19.9. The first-order chi connectivity index (χ1) is 17.0. The Labute approximate surface area is 211 Å². The first kappa shape index (κ1) is 26.7. The lowest BCUT2D eigenvalue weighted by molar-refractivity contribution is -0.153. The summed E-state index contributed by atoms with van der Waals surface area (Å²) >= 11 is 0.750. The molecule has 1 saturated heterocycles. The number of carbonyl (C=O) groups is 6. The van der Waals surface area contributed by atoms with Crippen molar-refractivity contribution in [3.05, 3.63) is 47.8 Å². The predicted octanol–water partition coefficient (Wildman–Crippen LogP) is 0.180. The van der Waals surface area contributed by atoms with Gasteiger partial charge in [-0.2, -0.15) is 0 Å². The van der Waals surface area contributed by atoms with E-state index in [0.29, 0.717) is 12.1 Å². The summed E-state index contributed by atoms with van der Waals surface area (Å²) in [5.74, 6) is -3.78. The molecule has 0 radical (unpaired) electrons. The lowest BCUT2D eigenvalue weighted by atomic mass is 10.0. The molecule has 2 heterocycles. The molecule has 2 aliphatic rings. The number of imide groups is 1. The van der Waals surface area contributed by atoms with Gasteiger partial charge in [-0.25, -0.2) is 9.59 Å². The fourth-order valence-corrected chi connectivity index (χ4v) is 4.74. The Hall–Kier alpha value is -3.87. The number of carboxylic acid groups (broad SMARTS) is 1. The van der Waals surface area contributed by atoms with Crippen LogP contribution in [-0.2, 0) is 24.0 Å². The Balaban J connectivity index is 1.82. The Kier molecular flexibility index (Phi) is 8.03. The molecule has 0 spiro atoms. The number of hydrogen-bond donors (Lipinski definition) is 4. The Morgan fingerprint density at radius 3 is 2.42 bits per heavy atom. The zero-order valence-corrected chi connectivity index (χ0v) is 20.8. The highest BCUT2D eigenvalue weighted by atomic mass is 32.2. The quantitative estimate of drug-likeness (QED) is 0.385. The van der Waals surface area contributed by atoms with Crippen LogP contribution < -0.4 is 16.0 Å². The summed E-state index contributed by atoms with van der Waals surface area (Å²) in [7, 11) is 0. The fraction of sp³-hybridized carbons (Fsp3) is 0.391. The Morgan fingerprint density at radius 2 is 1.81 bits per heavy atom. The van der Waals surface area contributed by atoms with Crippen molar-refractivity contribution in [1.82, 2.24) is 25.8 Å². The van der Waals surface area contributed by atoms with Crippen molar-refractivity contribution in [2.75, 3.05) is 19.6 Å². The van der Waals surface area contributed by atoms with Crippen molar-refractivity contribution in [2.24, 2.45) is 0 Å². The molecule has 0 saturated carbocycles. The van der Waals surface area contributed by atoms with Crippen LogP contribution in [0.2, 0.25) is 0 Å². The van der Waals surface area contributed by atoms with Gasteiger partial charge in [-0.3, -0.25) is 24.1 Å². The number of thioether (sulfide) groups is 1. The highest BCUT2D eigenvalue weighted by Crippen LogP contribution is 2.33. The highest BCUT2D eigenvalue weighted by Gasteiger charge is 2.41. The van der Waals surface area contributed by atoms with E-state index in [1.807, 2.05) is 0 Å². The minimum atomic E-state index is -1.32. The van der Waals surface area contributed by atoms with Crippen LogP contribution in [0, 0.1) is 0 Å². The lowest BCUT2D eigenvalue weighted by Crippen LogP contribution is -2.59. The molecule has 1 aromatic rings. The second-order valence-corrected chi connectivity index (χ2v) is 10.2. The van der Waals surface area contributed by atoms with Gasteiger partial charge in [0.05, 0.1) is 0 Å². The molecular formula is C23H27N5O7S. The molecule has 0 aliphatic carbocycles. The largest absolute Gasteiger partial charge is 0.480 e. The van der Waals surface area contributed by atoms with E-state index in [4.69, 9.17) is 0 Å². The number of hydrogen-bond acceptors (Lipinski definition) is 8. The predicted molar refractivity (Wildman–Crippen MR) is 129 cm³/mol. The molecule has 0 aromatic heterocycles. The molecule has 36 heavy (non-hydrogen) atoms. The van der Waals surface area contributed by atoms with Crippen LogP contribution in [0.5, 0.6) is 0 Å². The van der Waals surface area contributed by atoms with Crippen molar-refractivity contribution in [3.63, 3.8) is 0 Å². The standard InChI is InChI=1S/C23H27N5O7S/c1-4-27-10-11-28(19(31)18(27)30)22(35)26-15(13-8-6-5-7-9-13)17(29)25-14-12-24-16(20(32)33)23(2,3)36-21(14)34/h5-9,12,15-16,24H,4,10-11H2,1-3H3,(H,25,29)(H,26,35)(H,32,33). The number of benzene rings is 1. The smallest absolute Gasteiger partial charge is 0.327 e. The van der Waals surface area contributed by atoms with E-state index in [1.165, 1.54) is 4.90 Å². The van der Waals surface area contributed by atoms with Crippen LogP contribution in [0.3, 0.4) is 0 Å². The highest BCUT2D eigenvalue weighted by molar-refractivity contribution is 8.15. The molecule has 0 bridgehead atoms. The van der Waals surface area contributed by atoms with Crippen molar-refractivity contribution < 1.29 is 33.9 Å². The summed E-state index contributed by atoms with van der Waals surface area (Å²) in [5.41, 5.74) is 0.167. The molecule has 5 amide bonds. The molecular weight excluding hydrogens is 490 g/mol. The zero-order chi connectivity index (χ0) is 26.6. The average Bonchev–Trinajstić information content (AvgIpc) is 2.94. The SMILES string of the molecule is CCN1CCN(C(=O)NC(C(=O)NC2=CNC(C(=O)O)C(C)(C)SC2=O)c2ccccc2)C(=O)C1=O. The van der Waals surface area contributed by atoms with Gasteiger partial charge < -0.3 is 26.0 Å². The number of carboxylic acids is 1. The van der Waals surface area contributed by atoms with Crippen molar-refractivity contribution >= 4 is 46.6 Å². The Bertz CT molecular complexity index is 1120. The maximum atomic E-state index is 13.3. The molecule has 192 valence electrons. The van der Waals surface area contributed by atoms with Crippen molar-refractivity contribution in [1.29, 1.82) is 0 Å². The van der Waals surface area contributed by atoms with Gasteiger partial charge in [0.15, 0.2) is 0 Å². The first-order valence-corrected chi connectivity index (χ1v) is 12.0. The van der Waals surface area contributed by atoms with Gasteiger partial charge >= 0.3 is 23.8 Å². The maximum absolute atomic E-state index is 13.3. The number of aliphatic carboxylic acids is 1. The molecule has 2 unspecified atom stereocenters. The van der Waals surface area contributed by atoms with Crippen LogP contribution in [0.25, 0.3) is 0 Å². The molecule has 1 fully saturated rings. The van der Waals surface area contributed by atoms with E-state index in [2.05, 4.69) is 16.0 Å². The summed E-state index contributed by atoms with van der Waals surface area (Å²) in [6.45, 7) is 5.34. The number of nitrogens with one attached hydrogen (secondary N) is 3. The lowest BCUT2D eigenvalue weighted by Gasteiger charge is -2.32. The van der Waals surface area contributed by atoms with E-state index in [1.54, 1.807) is 51.1 Å². The van der Waals surface area contributed by atoms with Gasteiger partial charge in [0.2, 0.25) is 5.12 Å². The first-order valence-electron chi connectivity index (χ1n) is 11.2. The van der Waals surface area contributed by atoms with Gasteiger partial charge in [0.1, 0.15) is 17.8 Å². The second kappa shape index (κ2) is 10.8. The number of carbonyl (C=O) groups excluding carboxylic acids is 5. The normalized spacial score (nSPS) is 20.6. The molecule has 4 N–H and O–H groups in total. The van der Waals surface area contributed by atoms with E-state index in [9.17, 15) is 33.9 Å². The second-order valence-electron chi connectivity index (χ2n) is 8.61. The van der Waals surface area contributed by atoms with Crippen LogP contribution in [0.15, 0.2) is 42.2 Å². The van der Waals surface area contributed by atoms with Crippen molar-refractivity contribution in [3.8, 4) is 0 Å². The minimum absolute atomic E-state index is 0.0385. The van der Waals surface area contributed by atoms with E-state index in [0.717, 1.165) is 22.9 Å². The molecule has 13 heteroatoms. The van der Waals surface area contributed by atoms with E-state index in [-0.39, 0.29) is 18.8 Å². The molecule has 3 rings (SSSR count). The summed E-state index contributed by atoms with van der Waals surface area (Å²) in [6.07, 6.45) is 1.12. The minimum Gasteiger partial charge on any atom is -0.480 e. The third-order valence-electron chi connectivity index (χ3n) is 5.77. The van der Waals surface area contributed by atoms with Gasteiger partial charge in [0, 0.05) is 30.6 Å². The van der Waals surface area contributed by atoms with Gasteiger partial charge in [-0.1, -0.05) is 42.1 Å². The third-order valence-corrected chi connectivity index (χ3v) is 6.94. The van der Waals surface area contributed by atoms with E-state index < -0.39 is 51.7 Å². The molecule has 12 nitrogen and oxygen atoms in total. The van der Waals surface area contributed by atoms with Crippen LogP contribution >= 0.6 is 11.8 Å². The summed E-state index contributed by atoms with van der Waals surface area (Å²) in [4.78, 5) is 77.2. The Morgan fingerprint density at radius 1 is 1.14 bits per heavy atom. The van der Waals surface area contributed by atoms with Gasteiger partial charge in [-0.05, 0) is 26.3 Å². The number of nitrogens with zero attached hydrogens (tertiary/aromatic N) is 2. The average molecular weight is 518 g/mol. The fourth-order valence-electron chi connectivity index (χ4n) is 3.76. The molecule has 1 aromatic carbocycles. The summed E-state index contributed by atoms with van der Waals surface area (Å²) < 4.78 is -1.02. The monoisotopic (exact) mass is 517 g/mol. The van der Waals surface area contributed by atoms with Crippen LogP contribution in [-0.4, -0.2) is 80.2 Å². The van der Waals surface area contributed by atoms with Crippen molar-refractivity contribution in [2.45, 2.75) is 37.6 Å². The number of urea groups is 1. The molecule has 2 atom stereocenters. The number of rotatable bonds is 6. The molecule has 2 aliphatic heterocycles. The number of piperazine rings is 1. The van der Waals surface area contributed by atoms with Crippen LogP contribution in [0.4, 0.5) is 4.79 Å². The number of amides is 5. The topological polar surface area (TPSA) is 165 Å². The summed E-state index contributed by atoms with van der Waals surface area (Å²) in [6, 6.07) is 4.78. The number of likely N-dealkylation sites (N-methyl/N-ethyl adjacent to an activating group) is 1.